The van der Waals surface area contributed by atoms with Crippen molar-refractivity contribution in [2.45, 2.75) is 31.2 Å². The van der Waals surface area contributed by atoms with Crippen LogP contribution in [0.25, 0.3) is 22.3 Å². The number of amides is 1. The average Bonchev–Trinajstić information content (AvgIpc) is 3.62. The molecule has 4 atom stereocenters. The van der Waals surface area contributed by atoms with Crippen molar-refractivity contribution in [2.75, 3.05) is 17.6 Å². The Morgan fingerprint density at radius 3 is 2.70 bits per heavy atom. The molecule has 1 saturated carbocycles. The smallest absolute Gasteiger partial charge is 0.256 e. The van der Waals surface area contributed by atoms with E-state index in [0.717, 1.165) is 31.0 Å². The van der Waals surface area contributed by atoms with Gasteiger partial charge >= 0.3 is 0 Å². The highest BCUT2D eigenvalue weighted by Crippen LogP contribution is 2.46. The second-order valence-electron chi connectivity index (χ2n) is 9.46. The van der Waals surface area contributed by atoms with Crippen molar-refractivity contribution in [2.24, 2.45) is 5.92 Å². The van der Waals surface area contributed by atoms with E-state index < -0.39 is 18.0 Å². The fraction of sp³-hybridized carbons (Fsp3) is 0.269. The van der Waals surface area contributed by atoms with E-state index in [1.807, 2.05) is 4.68 Å². The van der Waals surface area contributed by atoms with Gasteiger partial charge in [-0.25, -0.2) is 24.0 Å². The molecule has 188 valence electrons. The lowest BCUT2D eigenvalue weighted by Gasteiger charge is -2.35. The maximum atomic E-state index is 13.4. The first-order valence-electron chi connectivity index (χ1n) is 12.0. The summed E-state index contributed by atoms with van der Waals surface area (Å²) in [5, 5.41) is 18.6. The Labute approximate surface area is 211 Å². The monoisotopic (exact) mass is 500 g/mol. The summed E-state index contributed by atoms with van der Waals surface area (Å²) in [4.78, 5) is 27.3. The third kappa shape index (κ3) is 4.02. The van der Waals surface area contributed by atoms with E-state index in [9.17, 15) is 14.3 Å². The average molecular weight is 501 g/mol. The van der Waals surface area contributed by atoms with Gasteiger partial charge in [0, 0.05) is 36.0 Å². The molecule has 2 bridgehead atoms. The van der Waals surface area contributed by atoms with Crippen LogP contribution in [0.5, 0.6) is 0 Å². The van der Waals surface area contributed by atoms with Gasteiger partial charge in [0.15, 0.2) is 5.65 Å². The highest BCUT2D eigenvalue weighted by atomic mass is 19.1. The summed E-state index contributed by atoms with van der Waals surface area (Å²) in [7, 11) is 0. The predicted octanol–water partition coefficient (Wildman–Crippen LogP) is 3.00. The first kappa shape index (κ1) is 23.2. The number of likely N-dealkylation sites (tertiary alicyclic amines) is 1. The largest absolute Gasteiger partial charge is 0.383 e. The normalized spacial score (nSPS) is 21.8. The lowest BCUT2D eigenvalue weighted by molar-refractivity contribution is 0.00222. The fourth-order valence-electron chi connectivity index (χ4n) is 5.60. The number of nitrogens with two attached hydrogens (primary N) is 1. The number of halogens is 1. The number of hydrogen-bond donors (Lipinski definition) is 3. The maximum Gasteiger partial charge on any atom is 0.256 e. The molecular formula is C26H25FN8O2. The number of carbonyl (C=O) groups is 1. The number of aliphatic hydroxyl groups is 1. The van der Waals surface area contributed by atoms with Crippen LogP contribution in [-0.2, 0) is 0 Å². The lowest BCUT2D eigenvalue weighted by Crippen LogP contribution is -2.44. The molecule has 0 spiro atoms. The molecule has 1 aliphatic heterocycles. The summed E-state index contributed by atoms with van der Waals surface area (Å²) in [6.45, 7) is 4.56. The molecule has 6 rings (SSSR count). The highest BCUT2D eigenvalue weighted by Gasteiger charge is 2.48. The van der Waals surface area contributed by atoms with Gasteiger partial charge in [-0.15, -0.1) is 0 Å². The molecule has 2 fully saturated rings. The molecule has 2 unspecified atom stereocenters. The van der Waals surface area contributed by atoms with Crippen molar-refractivity contribution < 1.29 is 14.3 Å². The number of nitrogens with zero attached hydrogens (tertiary/aromatic N) is 6. The van der Waals surface area contributed by atoms with Crippen LogP contribution in [0.2, 0.25) is 0 Å². The third-order valence-electron chi connectivity index (χ3n) is 7.26. The topological polar surface area (TPSA) is 135 Å². The molecule has 1 amide bonds. The van der Waals surface area contributed by atoms with Crippen molar-refractivity contribution >= 4 is 28.6 Å². The summed E-state index contributed by atoms with van der Waals surface area (Å²) in [6, 6.07) is 9.36. The van der Waals surface area contributed by atoms with E-state index in [2.05, 4.69) is 31.7 Å². The first-order chi connectivity index (χ1) is 17.9. The van der Waals surface area contributed by atoms with Gasteiger partial charge in [0.2, 0.25) is 0 Å². The number of carbonyl (C=O) groups excluding carboxylic acids is 1. The number of nitrogen functional groups attached to an aromatic ring is 1. The SMILES string of the molecule is C=CC(O)N1C[C@H]2CC(n3nc(-c4ccc(C(=O)Nc5cc(F)ccn5)cc4)c4c(N)ncnc43)[C@@H]1C2. The number of benzene rings is 1. The number of piperidine rings is 1. The van der Waals surface area contributed by atoms with Crippen molar-refractivity contribution in [1.82, 2.24) is 29.6 Å². The van der Waals surface area contributed by atoms with Gasteiger partial charge in [0.25, 0.3) is 5.91 Å². The molecule has 1 aromatic carbocycles. The quantitative estimate of drug-likeness (QED) is 0.344. The molecule has 0 radical (unpaired) electrons. The van der Waals surface area contributed by atoms with Crippen LogP contribution in [0.1, 0.15) is 29.2 Å². The number of hydrogen-bond acceptors (Lipinski definition) is 8. The number of aliphatic hydroxyl groups excluding tert-OH is 1. The van der Waals surface area contributed by atoms with E-state index in [4.69, 9.17) is 10.8 Å². The van der Waals surface area contributed by atoms with Crippen LogP contribution in [0, 0.1) is 11.7 Å². The summed E-state index contributed by atoms with van der Waals surface area (Å²) < 4.78 is 15.3. The van der Waals surface area contributed by atoms with Crippen LogP contribution < -0.4 is 11.1 Å². The van der Waals surface area contributed by atoms with Gasteiger partial charge < -0.3 is 16.2 Å². The number of rotatable bonds is 6. The predicted molar refractivity (Wildman–Crippen MR) is 136 cm³/mol. The molecule has 4 aromatic rings. The molecule has 37 heavy (non-hydrogen) atoms. The Hall–Kier alpha value is -4.22. The molecule has 2 aliphatic rings. The zero-order valence-corrected chi connectivity index (χ0v) is 19.8. The summed E-state index contributed by atoms with van der Waals surface area (Å²) in [5.74, 6) is 0.00437. The maximum absolute atomic E-state index is 13.4. The van der Waals surface area contributed by atoms with Crippen molar-refractivity contribution in [3.8, 4) is 11.3 Å². The van der Waals surface area contributed by atoms with Gasteiger partial charge in [-0.05, 0) is 43.0 Å². The fourth-order valence-corrected chi connectivity index (χ4v) is 5.60. The minimum absolute atomic E-state index is 0.0164. The van der Waals surface area contributed by atoms with Crippen molar-refractivity contribution in [3.63, 3.8) is 0 Å². The zero-order valence-electron chi connectivity index (χ0n) is 19.8. The number of fused-ring (bicyclic) bond motifs is 3. The van der Waals surface area contributed by atoms with Crippen LogP contribution in [-0.4, -0.2) is 59.5 Å². The summed E-state index contributed by atoms with van der Waals surface area (Å²) in [6.07, 6.45) is 5.45. The lowest BCUT2D eigenvalue weighted by atomic mass is 10.1. The molecular weight excluding hydrogens is 475 g/mol. The number of pyridine rings is 1. The molecule has 3 aromatic heterocycles. The Morgan fingerprint density at radius 2 is 1.97 bits per heavy atom. The van der Waals surface area contributed by atoms with Gasteiger partial charge in [-0.3, -0.25) is 9.69 Å². The van der Waals surface area contributed by atoms with E-state index in [0.29, 0.717) is 34.0 Å². The van der Waals surface area contributed by atoms with Gasteiger partial charge in [-0.2, -0.15) is 5.10 Å². The highest BCUT2D eigenvalue weighted by molar-refractivity contribution is 6.04. The van der Waals surface area contributed by atoms with E-state index in [-0.39, 0.29) is 17.9 Å². The molecule has 4 N–H and O–H groups in total. The third-order valence-corrected chi connectivity index (χ3v) is 7.26. The summed E-state index contributed by atoms with van der Waals surface area (Å²) >= 11 is 0. The molecule has 4 heterocycles. The Balaban J connectivity index is 1.33. The minimum Gasteiger partial charge on any atom is -0.383 e. The standard InChI is InChI=1S/C26H25FN8O2/c1-2-21(36)34-12-14-9-18(34)19(10-14)35-25-22(24(28)30-13-31-25)23(33-35)15-3-5-16(6-4-15)26(37)32-20-11-17(27)7-8-29-20/h2-8,11,13-14,18-19,21,36H,1,9-10,12H2,(H2,28,30,31)(H,29,32,37)/t14-,18+,19?,21?/m1/s1. The van der Waals surface area contributed by atoms with Gasteiger partial charge in [0.1, 0.15) is 35.7 Å². The van der Waals surface area contributed by atoms with Crippen LogP contribution in [0.3, 0.4) is 0 Å². The minimum atomic E-state index is -0.708. The molecule has 1 saturated heterocycles. The van der Waals surface area contributed by atoms with E-state index in [1.165, 1.54) is 18.6 Å². The van der Waals surface area contributed by atoms with Gasteiger partial charge in [-0.1, -0.05) is 18.7 Å². The Bertz CT molecular complexity index is 1500. The van der Waals surface area contributed by atoms with Crippen LogP contribution in [0.4, 0.5) is 16.0 Å². The summed E-state index contributed by atoms with van der Waals surface area (Å²) in [5.41, 5.74) is 8.66. The second kappa shape index (κ2) is 9.02. The Morgan fingerprint density at radius 1 is 1.19 bits per heavy atom. The molecule has 11 heteroatoms. The van der Waals surface area contributed by atoms with Crippen LogP contribution in [0.15, 0.2) is 61.6 Å². The Kier molecular flexibility index (Phi) is 5.65. The van der Waals surface area contributed by atoms with Crippen molar-refractivity contribution in [3.05, 3.63) is 73.0 Å². The number of anilines is 2. The zero-order chi connectivity index (χ0) is 25.7. The molecule has 10 nitrogen and oxygen atoms in total. The molecule has 1 aliphatic carbocycles. The van der Waals surface area contributed by atoms with Crippen LogP contribution >= 0.6 is 0 Å². The number of nitrogens with one attached hydrogen (secondary N) is 1. The number of aromatic nitrogens is 5. The second-order valence-corrected chi connectivity index (χ2v) is 9.46. The van der Waals surface area contributed by atoms with Crippen molar-refractivity contribution in [1.29, 1.82) is 0 Å². The first-order valence-corrected chi connectivity index (χ1v) is 12.0. The van der Waals surface area contributed by atoms with E-state index >= 15 is 0 Å². The van der Waals surface area contributed by atoms with E-state index in [1.54, 1.807) is 30.3 Å². The van der Waals surface area contributed by atoms with Gasteiger partial charge in [0.05, 0.1) is 11.4 Å².